The van der Waals surface area contributed by atoms with Crippen molar-refractivity contribution in [3.05, 3.63) is 35.9 Å². The molecule has 15 heavy (non-hydrogen) atoms. The van der Waals surface area contributed by atoms with Gasteiger partial charge in [0.15, 0.2) is 0 Å². The first kappa shape index (κ1) is 11.0. The normalized spacial score (nSPS) is 11.5. The number of benzene rings is 1. The average Bonchev–Trinajstić information content (AvgIpc) is 2.17. The van der Waals surface area contributed by atoms with E-state index < -0.39 is 18.2 Å². The minimum absolute atomic E-state index is 0.425. The first-order valence-corrected chi connectivity index (χ1v) is 4.41. The van der Waals surface area contributed by atoms with Crippen LogP contribution >= 0.6 is 0 Å². The fourth-order valence-corrected chi connectivity index (χ4v) is 1.08. The molecule has 3 N–H and O–H groups in total. The summed E-state index contributed by atoms with van der Waals surface area (Å²) in [5, 5.41) is 1.82. The van der Waals surface area contributed by atoms with Gasteiger partial charge in [-0.1, -0.05) is 30.3 Å². The van der Waals surface area contributed by atoms with Gasteiger partial charge >= 0.3 is 12.1 Å². The van der Waals surface area contributed by atoms with Crippen LogP contribution in [0.5, 0.6) is 0 Å². The van der Waals surface area contributed by atoms with E-state index in [1.165, 1.54) is 0 Å². The minimum atomic E-state index is -0.930. The fourth-order valence-electron chi connectivity index (χ4n) is 1.08. The Labute approximate surface area is 87.2 Å². The van der Waals surface area contributed by atoms with Crippen LogP contribution in [0.1, 0.15) is 18.6 Å². The van der Waals surface area contributed by atoms with Gasteiger partial charge in [0.1, 0.15) is 6.10 Å². The van der Waals surface area contributed by atoms with E-state index in [2.05, 4.69) is 0 Å². The zero-order valence-corrected chi connectivity index (χ0v) is 8.27. The Balaban J connectivity index is 2.53. The van der Waals surface area contributed by atoms with Crippen LogP contribution < -0.4 is 11.1 Å². The molecule has 0 aliphatic rings. The molecule has 0 aromatic heterocycles. The zero-order chi connectivity index (χ0) is 11.3. The monoisotopic (exact) mass is 208 g/mol. The van der Waals surface area contributed by atoms with Gasteiger partial charge in [0.25, 0.3) is 0 Å². The smallest absolute Gasteiger partial charge is 0.415 e. The third kappa shape index (κ3) is 3.68. The quantitative estimate of drug-likeness (QED) is 0.773. The molecule has 80 valence electrons. The maximum atomic E-state index is 11.0. The Morgan fingerprint density at radius 2 is 1.93 bits per heavy atom. The molecule has 0 saturated heterocycles. The number of primary amides is 1. The van der Waals surface area contributed by atoms with E-state index in [0.29, 0.717) is 0 Å². The van der Waals surface area contributed by atoms with E-state index in [1.54, 1.807) is 6.92 Å². The summed E-state index contributed by atoms with van der Waals surface area (Å²) in [7, 11) is 0. The molecule has 1 aromatic rings. The molecule has 0 fully saturated rings. The van der Waals surface area contributed by atoms with Gasteiger partial charge in [0, 0.05) is 0 Å². The third-order valence-electron chi connectivity index (χ3n) is 1.78. The summed E-state index contributed by atoms with van der Waals surface area (Å²) >= 11 is 0. The second-order valence-corrected chi connectivity index (χ2v) is 2.95. The highest BCUT2D eigenvalue weighted by Gasteiger charge is 2.11. The Kier molecular flexibility index (Phi) is 3.68. The van der Waals surface area contributed by atoms with Crippen LogP contribution in [-0.4, -0.2) is 12.1 Å². The van der Waals surface area contributed by atoms with E-state index in [1.807, 2.05) is 35.6 Å². The predicted octanol–water partition coefficient (Wildman–Crippen LogP) is 1.55. The van der Waals surface area contributed by atoms with E-state index in [9.17, 15) is 9.59 Å². The molecule has 0 aliphatic carbocycles. The van der Waals surface area contributed by atoms with Crippen molar-refractivity contribution >= 4 is 12.1 Å². The lowest BCUT2D eigenvalue weighted by atomic mass is 10.1. The topological polar surface area (TPSA) is 81.4 Å². The molecule has 1 rings (SSSR count). The average molecular weight is 208 g/mol. The summed E-state index contributed by atoms with van der Waals surface area (Å²) < 4.78 is 4.90. The SMILES string of the molecule is CC(OC(=O)NC(N)=O)c1ccccc1. The summed E-state index contributed by atoms with van der Waals surface area (Å²) in [4.78, 5) is 21.3. The van der Waals surface area contributed by atoms with E-state index in [4.69, 9.17) is 10.5 Å². The van der Waals surface area contributed by atoms with Gasteiger partial charge in [-0.25, -0.2) is 14.9 Å². The summed E-state index contributed by atoms with van der Waals surface area (Å²) in [5.74, 6) is 0. The number of ether oxygens (including phenoxy) is 1. The molecule has 0 saturated carbocycles. The number of alkyl carbamates (subject to hydrolysis) is 1. The molecule has 0 heterocycles. The standard InChI is InChI=1S/C10H12N2O3/c1-7(8-5-3-2-4-6-8)15-10(14)12-9(11)13/h2-7H,1H3,(H3,11,12,13,14). The van der Waals surface area contributed by atoms with Crippen LogP contribution in [0.25, 0.3) is 0 Å². The lowest BCUT2D eigenvalue weighted by Crippen LogP contribution is -2.35. The van der Waals surface area contributed by atoms with Crippen molar-refractivity contribution in [3.63, 3.8) is 0 Å². The highest BCUT2D eigenvalue weighted by molar-refractivity contribution is 5.89. The number of imide groups is 1. The lowest BCUT2D eigenvalue weighted by Gasteiger charge is -2.12. The van der Waals surface area contributed by atoms with Crippen molar-refractivity contribution in [3.8, 4) is 0 Å². The van der Waals surface area contributed by atoms with E-state index in [-0.39, 0.29) is 0 Å². The number of rotatable bonds is 2. The number of hydrogen-bond acceptors (Lipinski definition) is 3. The van der Waals surface area contributed by atoms with Crippen LogP contribution in [0.15, 0.2) is 30.3 Å². The molecule has 0 radical (unpaired) electrons. The molecule has 1 atom stereocenters. The summed E-state index contributed by atoms with van der Waals surface area (Å²) in [6.45, 7) is 1.70. The molecular formula is C10H12N2O3. The molecule has 0 spiro atoms. The summed E-state index contributed by atoms with van der Waals surface area (Å²) in [6, 6.07) is 8.24. The van der Waals surface area contributed by atoms with Crippen LogP contribution in [-0.2, 0) is 4.74 Å². The van der Waals surface area contributed by atoms with Gasteiger partial charge < -0.3 is 10.5 Å². The number of urea groups is 1. The molecule has 3 amide bonds. The van der Waals surface area contributed by atoms with Crippen molar-refractivity contribution in [2.24, 2.45) is 5.73 Å². The van der Waals surface area contributed by atoms with Gasteiger partial charge in [0.2, 0.25) is 0 Å². The van der Waals surface area contributed by atoms with Gasteiger partial charge in [-0.15, -0.1) is 0 Å². The second kappa shape index (κ2) is 4.99. The van der Waals surface area contributed by atoms with Crippen LogP contribution in [0, 0.1) is 0 Å². The molecule has 0 bridgehead atoms. The number of carbonyl (C=O) groups excluding carboxylic acids is 2. The van der Waals surface area contributed by atoms with Crippen molar-refractivity contribution in [1.82, 2.24) is 5.32 Å². The van der Waals surface area contributed by atoms with Crippen molar-refractivity contribution in [2.45, 2.75) is 13.0 Å². The van der Waals surface area contributed by atoms with Crippen LogP contribution in [0.4, 0.5) is 9.59 Å². The Morgan fingerprint density at radius 1 is 1.33 bits per heavy atom. The minimum Gasteiger partial charge on any atom is -0.441 e. The third-order valence-corrected chi connectivity index (χ3v) is 1.78. The Morgan fingerprint density at radius 3 is 2.47 bits per heavy atom. The fraction of sp³-hybridized carbons (Fsp3) is 0.200. The summed E-state index contributed by atoms with van der Waals surface area (Å²) in [6.07, 6.45) is -1.27. The maximum Gasteiger partial charge on any atom is 0.415 e. The van der Waals surface area contributed by atoms with Crippen molar-refractivity contribution in [1.29, 1.82) is 0 Å². The predicted molar refractivity (Wildman–Crippen MR) is 54.1 cm³/mol. The van der Waals surface area contributed by atoms with Crippen LogP contribution in [0.2, 0.25) is 0 Å². The second-order valence-electron chi connectivity index (χ2n) is 2.95. The molecular weight excluding hydrogens is 196 g/mol. The van der Waals surface area contributed by atoms with Gasteiger partial charge in [0.05, 0.1) is 0 Å². The highest BCUT2D eigenvalue weighted by Crippen LogP contribution is 2.15. The van der Waals surface area contributed by atoms with E-state index >= 15 is 0 Å². The van der Waals surface area contributed by atoms with Gasteiger partial charge in [-0.2, -0.15) is 0 Å². The summed E-state index contributed by atoms with van der Waals surface area (Å²) in [5.41, 5.74) is 5.60. The molecule has 0 aliphatic heterocycles. The number of carbonyl (C=O) groups is 2. The molecule has 1 unspecified atom stereocenters. The molecule has 5 nitrogen and oxygen atoms in total. The molecule has 1 aromatic carbocycles. The molecule has 5 heteroatoms. The van der Waals surface area contributed by atoms with E-state index in [0.717, 1.165) is 5.56 Å². The first-order valence-electron chi connectivity index (χ1n) is 4.41. The first-order chi connectivity index (χ1) is 7.09. The number of nitrogens with one attached hydrogen (secondary N) is 1. The van der Waals surface area contributed by atoms with Crippen molar-refractivity contribution in [2.75, 3.05) is 0 Å². The maximum absolute atomic E-state index is 11.0. The van der Waals surface area contributed by atoms with Gasteiger partial charge in [-0.05, 0) is 12.5 Å². The van der Waals surface area contributed by atoms with Crippen LogP contribution in [0.3, 0.4) is 0 Å². The number of nitrogens with two attached hydrogens (primary N) is 1. The Hall–Kier alpha value is -2.04. The van der Waals surface area contributed by atoms with Gasteiger partial charge in [-0.3, -0.25) is 0 Å². The van der Waals surface area contributed by atoms with Crippen molar-refractivity contribution < 1.29 is 14.3 Å². The zero-order valence-electron chi connectivity index (χ0n) is 8.27. The number of amides is 3. The highest BCUT2D eigenvalue weighted by atomic mass is 16.6. The Bertz CT molecular complexity index is 351. The number of hydrogen-bond donors (Lipinski definition) is 2. The lowest BCUT2D eigenvalue weighted by molar-refractivity contribution is 0.109. The largest absolute Gasteiger partial charge is 0.441 e.